The number of nitrogens with zero attached hydrogens (tertiary/aromatic N) is 3. The topological polar surface area (TPSA) is 82.9 Å². The number of nitrogens with one attached hydrogen (secondary N) is 2. The molecule has 136 valence electrons. The molecule has 26 heavy (non-hydrogen) atoms. The molecule has 2 fully saturated rings. The molecule has 0 radical (unpaired) electrons. The van der Waals surface area contributed by atoms with Gasteiger partial charge in [-0.2, -0.15) is 5.26 Å². The highest BCUT2D eigenvalue weighted by atomic mass is 16.5. The third-order valence-electron chi connectivity index (χ3n) is 5.37. The molecule has 0 amide bonds. The molecule has 0 unspecified atom stereocenters. The Morgan fingerprint density at radius 2 is 2.31 bits per heavy atom. The zero-order valence-corrected chi connectivity index (χ0v) is 15.0. The van der Waals surface area contributed by atoms with Crippen LogP contribution < -0.4 is 10.6 Å². The Bertz CT molecular complexity index is 804. The van der Waals surface area contributed by atoms with Crippen LogP contribution in [0.25, 0.3) is 10.8 Å². The minimum atomic E-state index is 0.416. The summed E-state index contributed by atoms with van der Waals surface area (Å²) in [4.78, 5) is 9.16. The molecule has 0 spiro atoms. The maximum atomic E-state index is 9.30. The molecule has 6 heteroatoms. The smallest absolute Gasteiger partial charge is 0.141 e. The molecule has 0 aromatic carbocycles. The van der Waals surface area contributed by atoms with Gasteiger partial charge in [0.2, 0.25) is 0 Å². The van der Waals surface area contributed by atoms with Crippen LogP contribution in [0.3, 0.4) is 0 Å². The Labute approximate surface area is 154 Å². The van der Waals surface area contributed by atoms with Gasteiger partial charge in [-0.1, -0.05) is 0 Å². The van der Waals surface area contributed by atoms with Crippen molar-refractivity contribution in [1.29, 1.82) is 5.26 Å². The summed E-state index contributed by atoms with van der Waals surface area (Å²) < 4.78 is 5.48. The van der Waals surface area contributed by atoms with Gasteiger partial charge in [-0.05, 0) is 56.7 Å². The maximum Gasteiger partial charge on any atom is 0.141 e. The summed E-state index contributed by atoms with van der Waals surface area (Å²) in [5, 5.41) is 18.3. The third-order valence-corrected chi connectivity index (χ3v) is 5.37. The van der Waals surface area contributed by atoms with Crippen LogP contribution >= 0.6 is 0 Å². The van der Waals surface area contributed by atoms with Gasteiger partial charge in [0.25, 0.3) is 0 Å². The van der Waals surface area contributed by atoms with E-state index in [1.165, 1.54) is 6.42 Å². The van der Waals surface area contributed by atoms with Crippen LogP contribution in [0.2, 0.25) is 0 Å². The number of anilines is 1. The van der Waals surface area contributed by atoms with Crippen molar-refractivity contribution in [3.05, 3.63) is 29.7 Å². The van der Waals surface area contributed by atoms with E-state index in [9.17, 15) is 5.26 Å². The van der Waals surface area contributed by atoms with Crippen molar-refractivity contribution in [2.45, 2.75) is 38.1 Å². The number of aryl methyl sites for hydroxylation is 1. The van der Waals surface area contributed by atoms with Crippen molar-refractivity contribution in [1.82, 2.24) is 15.3 Å². The summed E-state index contributed by atoms with van der Waals surface area (Å²) >= 11 is 0. The lowest BCUT2D eigenvalue weighted by molar-refractivity contribution is 0.184. The van der Waals surface area contributed by atoms with Crippen molar-refractivity contribution in [2.75, 3.05) is 31.6 Å². The minimum absolute atomic E-state index is 0.416. The van der Waals surface area contributed by atoms with Gasteiger partial charge >= 0.3 is 0 Å². The van der Waals surface area contributed by atoms with Crippen LogP contribution in [0.1, 0.15) is 37.1 Å². The van der Waals surface area contributed by atoms with Gasteiger partial charge < -0.3 is 15.4 Å². The van der Waals surface area contributed by atoms with Gasteiger partial charge in [-0.25, -0.2) is 9.97 Å². The lowest BCUT2D eigenvalue weighted by Gasteiger charge is -2.24. The minimum Gasteiger partial charge on any atom is -0.381 e. The number of pyridine rings is 2. The quantitative estimate of drug-likeness (QED) is 0.862. The van der Waals surface area contributed by atoms with Gasteiger partial charge in [-0.3, -0.25) is 0 Å². The summed E-state index contributed by atoms with van der Waals surface area (Å²) in [6, 6.07) is 6.52. The predicted octanol–water partition coefficient (Wildman–Crippen LogP) is 2.63. The zero-order valence-electron chi connectivity index (χ0n) is 15.0. The summed E-state index contributed by atoms with van der Waals surface area (Å²) in [7, 11) is 0. The average Bonchev–Trinajstić information content (AvgIpc) is 3.20. The first kappa shape index (κ1) is 17.2. The molecule has 6 nitrogen and oxygen atoms in total. The zero-order chi connectivity index (χ0) is 17.8. The first-order valence-corrected chi connectivity index (χ1v) is 9.56. The Balaban J connectivity index is 1.58. The third kappa shape index (κ3) is 3.95. The molecule has 0 saturated carbocycles. The lowest BCUT2D eigenvalue weighted by Crippen LogP contribution is -2.38. The Morgan fingerprint density at radius 3 is 3.08 bits per heavy atom. The summed E-state index contributed by atoms with van der Waals surface area (Å²) in [6.07, 6.45) is 7.25. The highest BCUT2D eigenvalue weighted by Gasteiger charge is 2.18. The fourth-order valence-corrected chi connectivity index (χ4v) is 3.88. The number of hydrogen-bond acceptors (Lipinski definition) is 6. The molecule has 4 rings (SSSR count). The molecule has 2 saturated heterocycles. The number of ether oxygens (including phenoxy) is 1. The van der Waals surface area contributed by atoms with Crippen molar-refractivity contribution in [2.24, 2.45) is 5.92 Å². The Morgan fingerprint density at radius 1 is 1.35 bits per heavy atom. The van der Waals surface area contributed by atoms with Crippen LogP contribution in [0.4, 0.5) is 5.82 Å². The standard InChI is InChI=1S/C20H25N5O/c21-10-17-8-15-11-23-20(25-16-2-1-6-22-12-16)9-18(15)19(24-17)4-3-14-5-7-26-13-14/h8-9,11,14,16,22H,1-7,12-13H2,(H,23,25)/t14-,16-/m0/s1. The molecule has 2 aliphatic rings. The van der Waals surface area contributed by atoms with E-state index in [0.717, 1.165) is 74.3 Å². The van der Waals surface area contributed by atoms with E-state index in [1.54, 1.807) is 0 Å². The van der Waals surface area contributed by atoms with E-state index in [0.29, 0.717) is 17.7 Å². The molecule has 2 aliphatic heterocycles. The predicted molar refractivity (Wildman–Crippen MR) is 101 cm³/mol. The monoisotopic (exact) mass is 351 g/mol. The summed E-state index contributed by atoms with van der Waals surface area (Å²) in [5.74, 6) is 1.49. The van der Waals surface area contributed by atoms with E-state index in [2.05, 4.69) is 32.7 Å². The van der Waals surface area contributed by atoms with Gasteiger partial charge in [0.1, 0.15) is 17.6 Å². The van der Waals surface area contributed by atoms with Gasteiger partial charge in [0.05, 0.1) is 0 Å². The first-order chi connectivity index (χ1) is 12.8. The number of hydrogen-bond donors (Lipinski definition) is 2. The normalized spacial score (nSPS) is 23.0. The molecule has 0 bridgehead atoms. The SMILES string of the molecule is N#Cc1cc2cnc(N[C@H]3CCCNC3)cc2c(CC[C@H]2CCOC2)n1. The van der Waals surface area contributed by atoms with Gasteiger partial charge in [0, 0.05) is 48.5 Å². The van der Waals surface area contributed by atoms with Crippen LogP contribution in [0.15, 0.2) is 18.3 Å². The maximum absolute atomic E-state index is 9.30. The Kier molecular flexibility index (Phi) is 5.28. The van der Waals surface area contributed by atoms with Crippen molar-refractivity contribution in [3.8, 4) is 6.07 Å². The number of aromatic nitrogens is 2. The largest absolute Gasteiger partial charge is 0.381 e. The van der Waals surface area contributed by atoms with Crippen molar-refractivity contribution < 1.29 is 4.74 Å². The van der Waals surface area contributed by atoms with Crippen LogP contribution in [0.5, 0.6) is 0 Å². The van der Waals surface area contributed by atoms with E-state index in [1.807, 2.05) is 12.3 Å². The number of nitriles is 1. The van der Waals surface area contributed by atoms with Crippen molar-refractivity contribution >= 4 is 16.6 Å². The van der Waals surface area contributed by atoms with Gasteiger partial charge in [-0.15, -0.1) is 0 Å². The van der Waals surface area contributed by atoms with Crippen LogP contribution in [0, 0.1) is 17.2 Å². The lowest BCUT2D eigenvalue weighted by atomic mass is 9.99. The van der Waals surface area contributed by atoms with Gasteiger partial charge in [0.15, 0.2) is 0 Å². The molecule has 2 aromatic rings. The number of piperidine rings is 1. The van der Waals surface area contributed by atoms with E-state index in [-0.39, 0.29) is 0 Å². The first-order valence-electron chi connectivity index (χ1n) is 9.56. The van der Waals surface area contributed by atoms with Crippen molar-refractivity contribution in [3.63, 3.8) is 0 Å². The molecule has 2 N–H and O–H groups in total. The number of rotatable bonds is 5. The summed E-state index contributed by atoms with van der Waals surface area (Å²) in [6.45, 7) is 3.78. The molecule has 2 atom stereocenters. The second-order valence-corrected chi connectivity index (χ2v) is 7.31. The molecule has 4 heterocycles. The molecular weight excluding hydrogens is 326 g/mol. The van der Waals surface area contributed by atoms with E-state index in [4.69, 9.17) is 4.74 Å². The van der Waals surface area contributed by atoms with E-state index < -0.39 is 0 Å². The average molecular weight is 351 g/mol. The second-order valence-electron chi connectivity index (χ2n) is 7.31. The van der Waals surface area contributed by atoms with Crippen LogP contribution in [-0.4, -0.2) is 42.3 Å². The molecule has 0 aliphatic carbocycles. The second kappa shape index (κ2) is 7.98. The fraction of sp³-hybridized carbons (Fsp3) is 0.550. The van der Waals surface area contributed by atoms with E-state index >= 15 is 0 Å². The van der Waals surface area contributed by atoms with Crippen LogP contribution in [-0.2, 0) is 11.2 Å². The summed E-state index contributed by atoms with van der Waals surface area (Å²) in [5.41, 5.74) is 1.47. The fourth-order valence-electron chi connectivity index (χ4n) is 3.88. The molecule has 2 aromatic heterocycles. The Hall–Kier alpha value is -2.23. The highest BCUT2D eigenvalue weighted by Crippen LogP contribution is 2.25. The highest BCUT2D eigenvalue weighted by molar-refractivity contribution is 5.86. The molecular formula is C20H25N5O. The number of fused-ring (bicyclic) bond motifs is 1.